The second-order valence-electron chi connectivity index (χ2n) is 8.84. The normalized spacial score (nSPS) is 19.8. The monoisotopic (exact) mass is 437 g/mol. The van der Waals surface area contributed by atoms with Crippen LogP contribution in [0.3, 0.4) is 0 Å². The van der Waals surface area contributed by atoms with Crippen LogP contribution in [-0.4, -0.2) is 39.1 Å². The van der Waals surface area contributed by atoms with Gasteiger partial charge in [-0.2, -0.15) is 0 Å². The molecule has 1 unspecified atom stereocenters. The van der Waals surface area contributed by atoms with Crippen LogP contribution in [0, 0.1) is 5.92 Å². The van der Waals surface area contributed by atoms with Crippen molar-refractivity contribution >= 4 is 12.4 Å². The standard InChI is InChI=1S/C26H31N3O.ClH/c30-26-25-11-5-4-9-23(25)19-29(26)18-22-12-15-27(16-13-22)20-28-14-6-10-24(28)17-21-7-2-1-3-8-21;/h1-11,14,22,26,30H,12-13,15-20H2;1H. The first-order chi connectivity index (χ1) is 14.8. The van der Waals surface area contributed by atoms with Gasteiger partial charge >= 0.3 is 0 Å². The van der Waals surface area contributed by atoms with Crippen LogP contribution in [0.5, 0.6) is 0 Å². The van der Waals surface area contributed by atoms with Crippen molar-refractivity contribution in [3.8, 4) is 0 Å². The molecule has 0 spiro atoms. The molecule has 3 heterocycles. The highest BCUT2D eigenvalue weighted by atomic mass is 35.5. The number of halogens is 1. The van der Waals surface area contributed by atoms with Crippen LogP contribution in [0.1, 0.15) is 41.5 Å². The molecule has 31 heavy (non-hydrogen) atoms. The lowest BCUT2D eigenvalue weighted by Crippen LogP contribution is -2.39. The molecule has 2 aliphatic heterocycles. The maximum absolute atomic E-state index is 10.7. The Morgan fingerprint density at radius 3 is 2.39 bits per heavy atom. The molecule has 1 saturated heterocycles. The van der Waals surface area contributed by atoms with E-state index in [1.807, 2.05) is 6.07 Å². The van der Waals surface area contributed by atoms with Crippen LogP contribution in [0.2, 0.25) is 0 Å². The zero-order chi connectivity index (χ0) is 20.3. The Bertz CT molecular complexity index is 966. The van der Waals surface area contributed by atoms with E-state index in [1.54, 1.807) is 0 Å². The molecule has 1 atom stereocenters. The number of aliphatic hydroxyl groups excluding tert-OH is 1. The molecular weight excluding hydrogens is 406 g/mol. The summed E-state index contributed by atoms with van der Waals surface area (Å²) in [6.45, 7) is 5.10. The SMILES string of the molecule is Cl.OC1c2ccccc2CN1CC1CCN(Cn2cccc2Cc2ccccc2)CC1. The topological polar surface area (TPSA) is 31.6 Å². The Balaban J connectivity index is 0.00000231. The van der Waals surface area contributed by atoms with Crippen molar-refractivity contribution in [3.63, 3.8) is 0 Å². The van der Waals surface area contributed by atoms with Gasteiger partial charge in [-0.05, 0) is 47.6 Å². The van der Waals surface area contributed by atoms with Crippen molar-refractivity contribution in [1.82, 2.24) is 14.4 Å². The number of hydrogen-bond acceptors (Lipinski definition) is 3. The second-order valence-corrected chi connectivity index (χ2v) is 8.84. The van der Waals surface area contributed by atoms with Gasteiger partial charge in [-0.1, -0.05) is 54.6 Å². The molecule has 2 aliphatic rings. The Morgan fingerprint density at radius 2 is 1.61 bits per heavy atom. The van der Waals surface area contributed by atoms with E-state index >= 15 is 0 Å². The number of aliphatic hydroxyl groups is 1. The van der Waals surface area contributed by atoms with Crippen molar-refractivity contribution in [2.75, 3.05) is 19.6 Å². The van der Waals surface area contributed by atoms with E-state index in [2.05, 4.69) is 81.2 Å². The molecule has 4 nitrogen and oxygen atoms in total. The van der Waals surface area contributed by atoms with Crippen molar-refractivity contribution in [3.05, 3.63) is 95.3 Å². The van der Waals surface area contributed by atoms with Gasteiger partial charge < -0.3 is 9.67 Å². The van der Waals surface area contributed by atoms with E-state index in [0.29, 0.717) is 5.92 Å². The van der Waals surface area contributed by atoms with Gasteiger partial charge in [-0.25, -0.2) is 0 Å². The molecule has 1 N–H and O–H groups in total. The Kier molecular flexibility index (Phi) is 7.13. The Hall–Kier alpha value is -2.11. The quantitative estimate of drug-likeness (QED) is 0.607. The van der Waals surface area contributed by atoms with Gasteiger partial charge in [-0.15, -0.1) is 12.4 Å². The molecular formula is C26H32ClN3O. The summed E-state index contributed by atoms with van der Waals surface area (Å²) in [5, 5.41) is 10.7. The summed E-state index contributed by atoms with van der Waals surface area (Å²) in [6, 6.07) is 23.4. The molecule has 164 valence electrons. The number of rotatable bonds is 6. The van der Waals surface area contributed by atoms with Crippen molar-refractivity contribution < 1.29 is 5.11 Å². The van der Waals surface area contributed by atoms with Gasteiger partial charge in [0.05, 0.1) is 6.67 Å². The summed E-state index contributed by atoms with van der Waals surface area (Å²) >= 11 is 0. The van der Waals surface area contributed by atoms with E-state index in [9.17, 15) is 5.11 Å². The maximum Gasteiger partial charge on any atom is 0.134 e. The average Bonchev–Trinajstić information content (AvgIpc) is 3.34. The largest absolute Gasteiger partial charge is 0.374 e. The maximum atomic E-state index is 10.7. The predicted octanol–water partition coefficient (Wildman–Crippen LogP) is 4.68. The fraction of sp³-hybridized carbons (Fsp3) is 0.385. The third kappa shape index (κ3) is 5.04. The lowest BCUT2D eigenvalue weighted by Gasteiger charge is -2.35. The van der Waals surface area contributed by atoms with Crippen molar-refractivity contribution in [2.24, 2.45) is 5.92 Å². The third-order valence-corrected chi connectivity index (χ3v) is 6.76. The van der Waals surface area contributed by atoms with Gasteiger partial charge in [0.2, 0.25) is 0 Å². The molecule has 0 aliphatic carbocycles. The van der Waals surface area contributed by atoms with Gasteiger partial charge in [0, 0.05) is 44.5 Å². The summed E-state index contributed by atoms with van der Waals surface area (Å²) in [5.74, 6) is 0.665. The van der Waals surface area contributed by atoms with Crippen LogP contribution >= 0.6 is 12.4 Å². The zero-order valence-electron chi connectivity index (χ0n) is 17.9. The van der Waals surface area contributed by atoms with E-state index in [0.717, 1.165) is 44.8 Å². The minimum Gasteiger partial charge on any atom is -0.374 e. The summed E-state index contributed by atoms with van der Waals surface area (Å²) in [6.07, 6.45) is 5.17. The van der Waals surface area contributed by atoms with Crippen LogP contribution < -0.4 is 0 Å². The van der Waals surface area contributed by atoms with Gasteiger partial charge in [0.25, 0.3) is 0 Å². The molecule has 3 aromatic rings. The molecule has 0 amide bonds. The summed E-state index contributed by atoms with van der Waals surface area (Å²) < 4.78 is 2.40. The highest BCUT2D eigenvalue weighted by molar-refractivity contribution is 5.85. The third-order valence-electron chi connectivity index (χ3n) is 6.76. The number of benzene rings is 2. The molecule has 5 heteroatoms. The van der Waals surface area contributed by atoms with Crippen LogP contribution in [0.4, 0.5) is 0 Å². The molecule has 1 fully saturated rings. The molecule has 5 rings (SSSR count). The summed E-state index contributed by atoms with van der Waals surface area (Å²) in [7, 11) is 0. The van der Waals surface area contributed by atoms with E-state index in [-0.39, 0.29) is 12.4 Å². The van der Waals surface area contributed by atoms with Crippen LogP contribution in [0.25, 0.3) is 0 Å². The van der Waals surface area contributed by atoms with Crippen molar-refractivity contribution in [2.45, 2.75) is 38.7 Å². The first-order valence-corrected chi connectivity index (χ1v) is 11.2. The van der Waals surface area contributed by atoms with Gasteiger partial charge in [0.15, 0.2) is 0 Å². The smallest absolute Gasteiger partial charge is 0.134 e. The molecule has 0 bridgehead atoms. The van der Waals surface area contributed by atoms with E-state index in [1.165, 1.54) is 29.7 Å². The zero-order valence-corrected chi connectivity index (χ0v) is 18.8. The Morgan fingerprint density at radius 1 is 0.871 bits per heavy atom. The minimum absolute atomic E-state index is 0. The lowest BCUT2D eigenvalue weighted by atomic mass is 9.96. The predicted molar refractivity (Wildman–Crippen MR) is 127 cm³/mol. The number of piperidine rings is 1. The highest BCUT2D eigenvalue weighted by Crippen LogP contribution is 2.33. The first-order valence-electron chi connectivity index (χ1n) is 11.2. The second kappa shape index (κ2) is 10.0. The van der Waals surface area contributed by atoms with Crippen LogP contribution in [0.15, 0.2) is 72.9 Å². The molecule has 0 radical (unpaired) electrons. The molecule has 0 saturated carbocycles. The number of hydrogen-bond donors (Lipinski definition) is 1. The average molecular weight is 438 g/mol. The lowest BCUT2D eigenvalue weighted by molar-refractivity contribution is -0.00507. The summed E-state index contributed by atoms with van der Waals surface area (Å²) in [5.41, 5.74) is 5.11. The van der Waals surface area contributed by atoms with E-state index < -0.39 is 6.23 Å². The van der Waals surface area contributed by atoms with Gasteiger partial charge in [-0.3, -0.25) is 9.80 Å². The first kappa shape index (κ1) is 22.1. The highest BCUT2D eigenvalue weighted by Gasteiger charge is 2.31. The fourth-order valence-electron chi connectivity index (χ4n) is 5.01. The number of fused-ring (bicyclic) bond motifs is 1. The number of aromatic nitrogens is 1. The number of likely N-dealkylation sites (tertiary alicyclic amines) is 1. The van der Waals surface area contributed by atoms with Crippen molar-refractivity contribution in [1.29, 1.82) is 0 Å². The Labute approximate surface area is 191 Å². The molecule has 2 aromatic carbocycles. The number of nitrogens with zero attached hydrogens (tertiary/aromatic N) is 3. The minimum atomic E-state index is -0.431. The van der Waals surface area contributed by atoms with Crippen LogP contribution in [-0.2, 0) is 19.6 Å². The summed E-state index contributed by atoms with van der Waals surface area (Å²) in [4.78, 5) is 4.81. The van der Waals surface area contributed by atoms with Gasteiger partial charge in [0.1, 0.15) is 6.23 Å². The van der Waals surface area contributed by atoms with E-state index in [4.69, 9.17) is 0 Å². The fourth-order valence-corrected chi connectivity index (χ4v) is 5.01. The molecule has 1 aromatic heterocycles.